The molecule has 1 aliphatic heterocycles. The van der Waals surface area contributed by atoms with Crippen LogP contribution in [0.25, 0.3) is 11.3 Å². The summed E-state index contributed by atoms with van der Waals surface area (Å²) in [4.78, 5) is 2.42. The first-order valence-electron chi connectivity index (χ1n) is 9.09. The van der Waals surface area contributed by atoms with Gasteiger partial charge in [-0.2, -0.15) is 0 Å². The van der Waals surface area contributed by atoms with Crippen molar-refractivity contribution in [1.29, 1.82) is 0 Å². The van der Waals surface area contributed by atoms with Crippen molar-refractivity contribution >= 4 is 11.6 Å². The van der Waals surface area contributed by atoms with Gasteiger partial charge in [-0.25, -0.2) is 0 Å². The Bertz CT molecular complexity index is 882. The molecule has 0 spiro atoms. The van der Waals surface area contributed by atoms with E-state index in [0.29, 0.717) is 5.92 Å². The van der Waals surface area contributed by atoms with E-state index in [2.05, 4.69) is 39.6 Å². The first-order chi connectivity index (χ1) is 12.6. The minimum absolute atomic E-state index is 0.398. The molecule has 0 radical (unpaired) electrons. The Balaban J connectivity index is 1.43. The van der Waals surface area contributed by atoms with Crippen LogP contribution in [0.5, 0.6) is 0 Å². The molecular formula is C20H23ClN4O. The van der Waals surface area contributed by atoms with Crippen LogP contribution in [0, 0.1) is 0 Å². The molecule has 26 heavy (non-hydrogen) atoms. The first-order valence-corrected chi connectivity index (χ1v) is 9.47. The highest BCUT2D eigenvalue weighted by Gasteiger charge is 2.20. The zero-order valence-electron chi connectivity index (χ0n) is 15.2. The average Bonchev–Trinajstić information content (AvgIpc) is 3.20. The fraction of sp³-hybridized carbons (Fsp3) is 0.400. The maximum Gasteiger partial charge on any atom is 0.135 e. The van der Waals surface area contributed by atoms with E-state index in [1.54, 1.807) is 0 Å². The molecule has 4 rings (SSSR count). The summed E-state index contributed by atoms with van der Waals surface area (Å²) in [5.41, 5.74) is 1.05. The molecule has 1 aromatic carbocycles. The molecule has 0 amide bonds. The lowest BCUT2D eigenvalue weighted by atomic mass is 10.2. The summed E-state index contributed by atoms with van der Waals surface area (Å²) in [5.74, 6) is 4.44. The summed E-state index contributed by atoms with van der Waals surface area (Å²) in [6.07, 6.45) is 0.921. The molecule has 0 unspecified atom stereocenters. The van der Waals surface area contributed by atoms with Gasteiger partial charge < -0.3 is 8.98 Å². The summed E-state index contributed by atoms with van der Waals surface area (Å²) in [7, 11) is 0. The Kier molecular flexibility index (Phi) is 4.83. The largest absolute Gasteiger partial charge is 0.460 e. The monoisotopic (exact) mass is 370 g/mol. The van der Waals surface area contributed by atoms with Gasteiger partial charge in [0.25, 0.3) is 0 Å². The second kappa shape index (κ2) is 7.25. The van der Waals surface area contributed by atoms with Gasteiger partial charge in [-0.15, -0.1) is 10.2 Å². The third-order valence-corrected chi connectivity index (χ3v) is 5.09. The molecule has 0 N–H and O–H groups in total. The summed E-state index contributed by atoms with van der Waals surface area (Å²) in [6, 6.07) is 11.8. The molecule has 0 saturated carbocycles. The van der Waals surface area contributed by atoms with Crippen LogP contribution >= 0.6 is 11.6 Å². The zero-order chi connectivity index (χ0) is 18.1. The van der Waals surface area contributed by atoms with Gasteiger partial charge in [-0.05, 0) is 36.4 Å². The van der Waals surface area contributed by atoms with E-state index in [-0.39, 0.29) is 0 Å². The third-order valence-electron chi connectivity index (χ3n) is 4.83. The van der Waals surface area contributed by atoms with Crippen molar-refractivity contribution in [3.8, 4) is 11.3 Å². The van der Waals surface area contributed by atoms with Crippen molar-refractivity contribution in [2.24, 2.45) is 0 Å². The third kappa shape index (κ3) is 3.55. The molecule has 6 heteroatoms. The van der Waals surface area contributed by atoms with Gasteiger partial charge in [0.15, 0.2) is 0 Å². The Morgan fingerprint density at radius 2 is 1.85 bits per heavy atom. The fourth-order valence-corrected chi connectivity index (χ4v) is 3.55. The lowest BCUT2D eigenvalue weighted by molar-refractivity contribution is 0.248. The Labute approximate surface area is 158 Å². The van der Waals surface area contributed by atoms with Gasteiger partial charge >= 0.3 is 0 Å². The standard InChI is InChI=1S/C20H23ClN4O/c1-14(2)20-23-22-19-9-10-24(11-12-25(19)20)13-17-7-8-18(26-17)15-3-5-16(21)6-4-15/h3-8,14H,9-13H2,1-2H3. The van der Waals surface area contributed by atoms with Crippen LogP contribution in [0.1, 0.15) is 37.2 Å². The predicted molar refractivity (Wildman–Crippen MR) is 102 cm³/mol. The highest BCUT2D eigenvalue weighted by atomic mass is 35.5. The molecule has 5 nitrogen and oxygen atoms in total. The van der Waals surface area contributed by atoms with E-state index in [9.17, 15) is 0 Å². The highest BCUT2D eigenvalue weighted by Crippen LogP contribution is 2.25. The Morgan fingerprint density at radius 1 is 1.04 bits per heavy atom. The zero-order valence-corrected chi connectivity index (χ0v) is 15.9. The molecule has 3 heterocycles. The highest BCUT2D eigenvalue weighted by molar-refractivity contribution is 6.30. The van der Waals surface area contributed by atoms with E-state index in [1.807, 2.05) is 30.3 Å². The molecule has 2 aromatic heterocycles. The number of fused-ring (bicyclic) bond motifs is 1. The van der Waals surface area contributed by atoms with E-state index in [0.717, 1.165) is 66.4 Å². The Hall–Kier alpha value is -2.11. The molecule has 0 fully saturated rings. The van der Waals surface area contributed by atoms with Gasteiger partial charge in [0.1, 0.15) is 23.2 Å². The minimum Gasteiger partial charge on any atom is -0.460 e. The summed E-state index contributed by atoms with van der Waals surface area (Å²) >= 11 is 5.96. The SMILES string of the molecule is CC(C)c1nnc2n1CCN(Cc1ccc(-c3ccc(Cl)cc3)o1)CC2. The van der Waals surface area contributed by atoms with Gasteiger partial charge in [-0.1, -0.05) is 25.4 Å². The van der Waals surface area contributed by atoms with E-state index >= 15 is 0 Å². The van der Waals surface area contributed by atoms with Crippen LogP contribution in [0.15, 0.2) is 40.8 Å². The smallest absolute Gasteiger partial charge is 0.135 e. The lowest BCUT2D eigenvalue weighted by Crippen LogP contribution is -2.26. The van der Waals surface area contributed by atoms with Crippen molar-refractivity contribution < 1.29 is 4.42 Å². The second-order valence-corrected chi connectivity index (χ2v) is 7.52. The summed E-state index contributed by atoms with van der Waals surface area (Å²) < 4.78 is 8.34. The van der Waals surface area contributed by atoms with Crippen molar-refractivity contribution in [3.05, 3.63) is 58.8 Å². The summed E-state index contributed by atoms with van der Waals surface area (Å²) in [5, 5.41) is 9.47. The quantitative estimate of drug-likeness (QED) is 0.684. The number of rotatable bonds is 4. The fourth-order valence-electron chi connectivity index (χ4n) is 3.43. The molecular weight excluding hydrogens is 348 g/mol. The van der Waals surface area contributed by atoms with Crippen molar-refractivity contribution in [2.75, 3.05) is 13.1 Å². The van der Waals surface area contributed by atoms with Crippen LogP contribution in [0.2, 0.25) is 5.02 Å². The number of aromatic nitrogens is 3. The maximum absolute atomic E-state index is 6.05. The number of nitrogens with zero attached hydrogens (tertiary/aromatic N) is 4. The van der Waals surface area contributed by atoms with E-state index in [1.165, 1.54) is 0 Å². The average molecular weight is 371 g/mol. The van der Waals surface area contributed by atoms with Crippen LogP contribution in [0.3, 0.4) is 0 Å². The van der Waals surface area contributed by atoms with E-state index < -0.39 is 0 Å². The Morgan fingerprint density at radius 3 is 2.62 bits per heavy atom. The number of furan rings is 1. The molecule has 1 aliphatic rings. The predicted octanol–water partition coefficient (Wildman–Crippen LogP) is 4.37. The number of hydrogen-bond acceptors (Lipinski definition) is 4. The molecule has 136 valence electrons. The molecule has 0 bridgehead atoms. The normalized spacial score (nSPS) is 15.2. The van der Waals surface area contributed by atoms with Crippen molar-refractivity contribution in [2.45, 2.75) is 39.3 Å². The minimum atomic E-state index is 0.398. The van der Waals surface area contributed by atoms with Gasteiger partial charge in [-0.3, -0.25) is 4.90 Å². The maximum atomic E-state index is 6.05. The topological polar surface area (TPSA) is 47.1 Å². The molecule has 0 atom stereocenters. The van der Waals surface area contributed by atoms with E-state index in [4.69, 9.17) is 16.0 Å². The molecule has 3 aromatic rings. The number of hydrogen-bond donors (Lipinski definition) is 0. The van der Waals surface area contributed by atoms with Crippen molar-refractivity contribution in [1.82, 2.24) is 19.7 Å². The first kappa shape index (κ1) is 17.3. The van der Waals surface area contributed by atoms with Crippen molar-refractivity contribution in [3.63, 3.8) is 0 Å². The number of benzene rings is 1. The molecule has 0 aliphatic carbocycles. The lowest BCUT2D eigenvalue weighted by Gasteiger charge is -2.18. The van der Waals surface area contributed by atoms with Gasteiger partial charge in [0.2, 0.25) is 0 Å². The molecule has 0 saturated heterocycles. The van der Waals surface area contributed by atoms with Crippen LogP contribution in [-0.4, -0.2) is 32.8 Å². The summed E-state index contributed by atoms with van der Waals surface area (Å²) in [6.45, 7) is 8.01. The van der Waals surface area contributed by atoms with Crippen LogP contribution in [-0.2, 0) is 19.5 Å². The van der Waals surface area contributed by atoms with Gasteiger partial charge in [0.05, 0.1) is 6.54 Å². The second-order valence-electron chi connectivity index (χ2n) is 7.08. The van der Waals surface area contributed by atoms with Crippen LogP contribution in [0.4, 0.5) is 0 Å². The van der Waals surface area contributed by atoms with Crippen LogP contribution < -0.4 is 0 Å². The number of halogens is 1. The van der Waals surface area contributed by atoms with Gasteiger partial charge in [0, 0.05) is 42.6 Å².